The first kappa shape index (κ1) is 25.5. The van der Waals surface area contributed by atoms with Crippen molar-refractivity contribution in [1.29, 1.82) is 0 Å². The Morgan fingerprint density at radius 2 is 1.38 bits per heavy atom. The van der Waals surface area contributed by atoms with Crippen molar-refractivity contribution in [1.82, 2.24) is 5.32 Å². The van der Waals surface area contributed by atoms with E-state index in [2.05, 4.69) is 5.32 Å². The Kier molecular flexibility index (Phi) is 9.41. The van der Waals surface area contributed by atoms with Crippen molar-refractivity contribution in [2.75, 3.05) is 6.61 Å². The number of phosphoric acid groups is 1. The second-order valence-electron chi connectivity index (χ2n) is 7.80. The zero-order valence-electron chi connectivity index (χ0n) is 18.2. The van der Waals surface area contributed by atoms with Gasteiger partial charge in [0.15, 0.2) is 6.04 Å². The maximum Gasteiger partial charge on any atom is 0.475 e. The summed E-state index contributed by atoms with van der Waals surface area (Å²) >= 11 is 0. The first-order valence-corrected chi connectivity index (χ1v) is 11.4. The number of carbonyl (C=O) groups excluding carboxylic acids is 1. The van der Waals surface area contributed by atoms with Gasteiger partial charge in [-0.05, 0) is 31.9 Å². The highest BCUT2D eigenvalue weighted by molar-refractivity contribution is 7.48. The van der Waals surface area contributed by atoms with Crippen molar-refractivity contribution in [2.24, 2.45) is 0 Å². The zero-order valence-corrected chi connectivity index (χ0v) is 19.1. The van der Waals surface area contributed by atoms with E-state index in [0.29, 0.717) is 0 Å². The Labute approximate surface area is 187 Å². The summed E-state index contributed by atoms with van der Waals surface area (Å²) in [7, 11) is -4.18. The standard InChI is InChI=1S/C22H28NO8P/c1-22(2,3)31-21(26)23-19(20(24)25)16-30-32(27,28-14-17-10-6-4-7-11-17)29-15-18-12-8-5-9-13-18/h4-13,19H,14-16H2,1-3H3,(H,23,26)(H,24,25)/t19-/m0/s1. The molecule has 0 spiro atoms. The lowest BCUT2D eigenvalue weighted by molar-refractivity contribution is -0.140. The molecule has 0 saturated carbocycles. The van der Waals surface area contributed by atoms with E-state index in [1.54, 1.807) is 69.3 Å². The molecule has 1 amide bonds. The number of carboxylic acids is 1. The molecule has 2 N–H and O–H groups in total. The smallest absolute Gasteiger partial charge is 0.475 e. The largest absolute Gasteiger partial charge is 0.480 e. The molecule has 0 saturated heterocycles. The van der Waals surface area contributed by atoms with Gasteiger partial charge in [0.25, 0.3) is 0 Å². The Morgan fingerprint density at radius 1 is 0.906 bits per heavy atom. The molecule has 0 aromatic heterocycles. The van der Waals surface area contributed by atoms with Crippen LogP contribution >= 0.6 is 7.82 Å². The maximum atomic E-state index is 13.2. The summed E-state index contributed by atoms with van der Waals surface area (Å²) in [4.78, 5) is 23.5. The van der Waals surface area contributed by atoms with E-state index < -0.39 is 38.1 Å². The van der Waals surface area contributed by atoms with Gasteiger partial charge in [0.1, 0.15) is 5.60 Å². The fourth-order valence-electron chi connectivity index (χ4n) is 2.36. The van der Waals surface area contributed by atoms with Gasteiger partial charge in [-0.3, -0.25) is 13.6 Å². The van der Waals surface area contributed by atoms with Gasteiger partial charge in [-0.15, -0.1) is 0 Å². The number of ether oxygens (including phenoxy) is 1. The van der Waals surface area contributed by atoms with Gasteiger partial charge in [0.2, 0.25) is 0 Å². The van der Waals surface area contributed by atoms with Crippen LogP contribution in [-0.2, 0) is 40.9 Å². The molecule has 2 rings (SSSR count). The van der Waals surface area contributed by atoms with Gasteiger partial charge in [-0.2, -0.15) is 0 Å². The third kappa shape index (κ3) is 9.62. The zero-order chi connectivity index (χ0) is 23.6. The Morgan fingerprint density at radius 3 is 1.78 bits per heavy atom. The molecular formula is C22H28NO8P. The molecular weight excluding hydrogens is 437 g/mol. The van der Waals surface area contributed by atoms with Gasteiger partial charge < -0.3 is 15.2 Å². The number of amides is 1. The summed E-state index contributed by atoms with van der Waals surface area (Å²) in [5.41, 5.74) is 0.628. The van der Waals surface area contributed by atoms with Crippen molar-refractivity contribution in [3.8, 4) is 0 Å². The number of carbonyl (C=O) groups is 2. The number of carboxylic acid groups (broad SMARTS) is 1. The number of alkyl carbamates (subject to hydrolysis) is 1. The van der Waals surface area contributed by atoms with Crippen LogP contribution in [0.2, 0.25) is 0 Å². The van der Waals surface area contributed by atoms with Crippen LogP contribution in [0.4, 0.5) is 4.79 Å². The summed E-state index contributed by atoms with van der Waals surface area (Å²) < 4.78 is 34.4. The molecule has 1 atom stereocenters. The molecule has 0 aliphatic rings. The van der Waals surface area contributed by atoms with Gasteiger partial charge in [-0.25, -0.2) is 14.2 Å². The summed E-state index contributed by atoms with van der Waals surface area (Å²) in [6.07, 6.45) is -0.946. The minimum atomic E-state index is -4.18. The number of nitrogens with one attached hydrogen (secondary N) is 1. The van der Waals surface area contributed by atoms with Crippen molar-refractivity contribution < 1.29 is 37.6 Å². The topological polar surface area (TPSA) is 120 Å². The van der Waals surface area contributed by atoms with Crippen LogP contribution < -0.4 is 5.32 Å². The first-order chi connectivity index (χ1) is 15.1. The highest BCUT2D eigenvalue weighted by atomic mass is 31.2. The summed E-state index contributed by atoms with van der Waals surface area (Å²) in [5.74, 6) is -1.39. The Bertz CT molecular complexity index is 867. The van der Waals surface area contributed by atoms with Gasteiger partial charge in [0, 0.05) is 0 Å². The molecule has 2 aromatic rings. The molecule has 32 heavy (non-hydrogen) atoms. The lowest BCUT2D eigenvalue weighted by atomic mass is 10.2. The Hall–Kier alpha value is -2.71. The molecule has 0 heterocycles. The number of hydrogen-bond acceptors (Lipinski definition) is 7. The predicted molar refractivity (Wildman–Crippen MR) is 117 cm³/mol. The minimum Gasteiger partial charge on any atom is -0.480 e. The lowest BCUT2D eigenvalue weighted by Crippen LogP contribution is -2.46. The highest BCUT2D eigenvalue weighted by Crippen LogP contribution is 2.51. The fourth-order valence-corrected chi connectivity index (χ4v) is 3.53. The number of benzene rings is 2. The maximum absolute atomic E-state index is 13.2. The molecule has 2 aromatic carbocycles. The summed E-state index contributed by atoms with van der Waals surface area (Å²) in [5, 5.41) is 11.6. The molecule has 174 valence electrons. The average Bonchev–Trinajstić information content (AvgIpc) is 2.74. The van der Waals surface area contributed by atoms with Crippen molar-refractivity contribution in [2.45, 2.75) is 45.6 Å². The number of aliphatic carboxylic acids is 1. The number of hydrogen-bond donors (Lipinski definition) is 2. The Balaban J connectivity index is 2.06. The number of phosphoric ester groups is 1. The SMILES string of the molecule is CC(C)(C)OC(=O)N[C@@H](COP(=O)(OCc1ccccc1)OCc1ccccc1)C(=O)O. The van der Waals surface area contributed by atoms with Crippen LogP contribution in [0.5, 0.6) is 0 Å². The first-order valence-electron chi connectivity index (χ1n) is 9.90. The molecule has 0 aliphatic heterocycles. The van der Waals surface area contributed by atoms with E-state index in [0.717, 1.165) is 11.1 Å². The van der Waals surface area contributed by atoms with E-state index in [9.17, 15) is 19.3 Å². The normalized spacial score (nSPS) is 12.7. The van der Waals surface area contributed by atoms with Crippen LogP contribution in [0.25, 0.3) is 0 Å². The third-order valence-electron chi connectivity index (χ3n) is 3.85. The van der Waals surface area contributed by atoms with Crippen LogP contribution in [-0.4, -0.2) is 35.4 Å². The second-order valence-corrected chi connectivity index (χ2v) is 9.47. The minimum absolute atomic E-state index is 0.0792. The lowest BCUT2D eigenvalue weighted by Gasteiger charge is -2.23. The number of rotatable bonds is 11. The van der Waals surface area contributed by atoms with Gasteiger partial charge in [0.05, 0.1) is 19.8 Å². The molecule has 0 bridgehead atoms. The second kappa shape index (κ2) is 11.8. The van der Waals surface area contributed by atoms with Crippen molar-refractivity contribution >= 4 is 19.9 Å². The molecule has 9 nitrogen and oxygen atoms in total. The quantitative estimate of drug-likeness (QED) is 0.465. The van der Waals surface area contributed by atoms with E-state index in [-0.39, 0.29) is 13.2 Å². The highest BCUT2D eigenvalue weighted by Gasteiger charge is 2.32. The summed E-state index contributed by atoms with van der Waals surface area (Å²) in [6, 6.07) is 16.4. The molecule has 0 radical (unpaired) electrons. The van der Waals surface area contributed by atoms with Crippen LogP contribution in [0.3, 0.4) is 0 Å². The van der Waals surface area contributed by atoms with Gasteiger partial charge >= 0.3 is 19.9 Å². The van der Waals surface area contributed by atoms with Crippen molar-refractivity contribution in [3.63, 3.8) is 0 Å². The van der Waals surface area contributed by atoms with Crippen LogP contribution in [0, 0.1) is 0 Å². The molecule has 0 aliphatic carbocycles. The monoisotopic (exact) mass is 465 g/mol. The molecule has 0 unspecified atom stereocenters. The van der Waals surface area contributed by atoms with Crippen molar-refractivity contribution in [3.05, 3.63) is 71.8 Å². The predicted octanol–water partition coefficient (Wildman–Crippen LogP) is 4.52. The van der Waals surface area contributed by atoms with E-state index in [1.165, 1.54) is 0 Å². The average molecular weight is 465 g/mol. The third-order valence-corrected chi connectivity index (χ3v) is 5.21. The van der Waals surface area contributed by atoms with Gasteiger partial charge in [-0.1, -0.05) is 60.7 Å². The van der Waals surface area contributed by atoms with E-state index in [1.807, 2.05) is 12.1 Å². The van der Waals surface area contributed by atoms with E-state index in [4.69, 9.17) is 18.3 Å². The molecule has 0 fully saturated rings. The van der Waals surface area contributed by atoms with E-state index >= 15 is 0 Å². The van der Waals surface area contributed by atoms with Crippen LogP contribution in [0.15, 0.2) is 60.7 Å². The fraction of sp³-hybridized carbons (Fsp3) is 0.364. The van der Waals surface area contributed by atoms with Crippen LogP contribution in [0.1, 0.15) is 31.9 Å². The molecule has 10 heteroatoms. The summed E-state index contributed by atoms with van der Waals surface area (Å²) in [6.45, 7) is 4.11.